The summed E-state index contributed by atoms with van der Waals surface area (Å²) in [6.07, 6.45) is 3.46. The maximum Gasteiger partial charge on any atom is 0.243 e. The highest BCUT2D eigenvalue weighted by molar-refractivity contribution is 5.31. The van der Waals surface area contributed by atoms with Gasteiger partial charge in [0.25, 0.3) is 0 Å². The molecule has 1 aromatic carbocycles. The molecular formula is C16H19N3O2. The van der Waals surface area contributed by atoms with Crippen molar-refractivity contribution in [1.29, 1.82) is 0 Å². The van der Waals surface area contributed by atoms with E-state index in [-0.39, 0.29) is 12.1 Å². The third-order valence-electron chi connectivity index (χ3n) is 4.58. The Kier molecular flexibility index (Phi) is 3.24. The number of β-amino-alcohol motifs (C(OH)–C–C–N with tert-alkyl or cyclic N) is 1. The number of hydrogen-bond donors (Lipinski definition) is 2. The van der Waals surface area contributed by atoms with Crippen LogP contribution in [0.4, 0.5) is 0 Å². The van der Waals surface area contributed by atoms with Crippen molar-refractivity contribution in [3.05, 3.63) is 47.1 Å². The fourth-order valence-corrected chi connectivity index (χ4v) is 3.38. The van der Waals surface area contributed by atoms with Gasteiger partial charge >= 0.3 is 0 Å². The maximum absolute atomic E-state index is 9.57. The normalized spacial score (nSPS) is 28.5. The summed E-state index contributed by atoms with van der Waals surface area (Å²) in [7, 11) is 0. The van der Waals surface area contributed by atoms with E-state index in [9.17, 15) is 5.11 Å². The maximum atomic E-state index is 9.57. The Morgan fingerprint density at radius 1 is 1.24 bits per heavy atom. The van der Waals surface area contributed by atoms with Gasteiger partial charge in [0.15, 0.2) is 5.82 Å². The van der Waals surface area contributed by atoms with E-state index >= 15 is 0 Å². The van der Waals surface area contributed by atoms with Gasteiger partial charge in [-0.05, 0) is 36.8 Å². The first kappa shape index (κ1) is 13.0. The van der Waals surface area contributed by atoms with Gasteiger partial charge < -0.3 is 14.9 Å². The van der Waals surface area contributed by atoms with Crippen LogP contribution in [0.3, 0.4) is 0 Å². The molecule has 2 N–H and O–H groups in total. The number of hydrogen-bond acceptors (Lipinski definition) is 5. The van der Waals surface area contributed by atoms with Crippen LogP contribution in [-0.4, -0.2) is 27.9 Å². The molecule has 5 nitrogen and oxygen atoms in total. The molecule has 0 radical (unpaired) electrons. The largest absolute Gasteiger partial charge is 0.392 e. The highest BCUT2D eigenvalue weighted by Crippen LogP contribution is 2.32. The lowest BCUT2D eigenvalue weighted by molar-refractivity contribution is 0.191. The van der Waals surface area contributed by atoms with Gasteiger partial charge in [-0.2, -0.15) is 4.98 Å². The number of nitrogens with zero attached hydrogens (tertiary/aromatic N) is 2. The SMILES string of the molecule is OC1CN[C@H](c2nc(C3CCc4ccccc4C3)no2)C1. The van der Waals surface area contributed by atoms with E-state index in [1.807, 2.05) is 0 Å². The number of aliphatic hydroxyl groups is 1. The van der Waals surface area contributed by atoms with Gasteiger partial charge in [0.05, 0.1) is 12.1 Å². The van der Waals surface area contributed by atoms with Crippen molar-refractivity contribution in [2.45, 2.75) is 43.7 Å². The number of benzene rings is 1. The Morgan fingerprint density at radius 2 is 2.10 bits per heavy atom. The van der Waals surface area contributed by atoms with Crippen molar-refractivity contribution in [3.8, 4) is 0 Å². The van der Waals surface area contributed by atoms with Crippen LogP contribution in [0.15, 0.2) is 28.8 Å². The van der Waals surface area contributed by atoms with Gasteiger partial charge in [0, 0.05) is 12.5 Å². The van der Waals surface area contributed by atoms with Gasteiger partial charge in [-0.25, -0.2) is 0 Å². The van der Waals surface area contributed by atoms with Gasteiger partial charge in [-0.15, -0.1) is 0 Å². The summed E-state index contributed by atoms with van der Waals surface area (Å²) < 4.78 is 5.40. The molecule has 110 valence electrons. The van der Waals surface area contributed by atoms with E-state index in [1.165, 1.54) is 11.1 Å². The second-order valence-electron chi connectivity index (χ2n) is 6.05. The van der Waals surface area contributed by atoms with Crippen LogP contribution >= 0.6 is 0 Å². The Balaban J connectivity index is 1.52. The third kappa shape index (κ3) is 2.47. The monoisotopic (exact) mass is 285 g/mol. The van der Waals surface area contributed by atoms with Crippen LogP contribution in [0.2, 0.25) is 0 Å². The molecule has 2 heterocycles. The number of aromatic nitrogens is 2. The van der Waals surface area contributed by atoms with E-state index in [1.54, 1.807) is 0 Å². The van der Waals surface area contributed by atoms with Crippen LogP contribution in [0.25, 0.3) is 0 Å². The predicted molar refractivity (Wildman–Crippen MR) is 76.9 cm³/mol. The number of fused-ring (bicyclic) bond motifs is 1. The minimum Gasteiger partial charge on any atom is -0.392 e. The van der Waals surface area contributed by atoms with E-state index in [0.717, 1.165) is 25.1 Å². The first-order valence-electron chi connectivity index (χ1n) is 7.61. The smallest absolute Gasteiger partial charge is 0.243 e. The molecule has 4 rings (SSSR count). The number of aryl methyl sites for hydroxylation is 1. The molecule has 5 heteroatoms. The van der Waals surface area contributed by atoms with E-state index in [2.05, 4.69) is 39.7 Å². The molecule has 2 aromatic rings. The summed E-state index contributed by atoms with van der Waals surface area (Å²) in [6, 6.07) is 8.58. The van der Waals surface area contributed by atoms with E-state index in [0.29, 0.717) is 24.8 Å². The van der Waals surface area contributed by atoms with Gasteiger partial charge in [-0.1, -0.05) is 29.4 Å². The summed E-state index contributed by atoms with van der Waals surface area (Å²) in [5.41, 5.74) is 2.84. The Bertz CT molecular complexity index is 640. The van der Waals surface area contributed by atoms with Crippen molar-refractivity contribution in [1.82, 2.24) is 15.5 Å². The molecule has 1 fully saturated rings. The minimum absolute atomic E-state index is 0.00266. The zero-order valence-corrected chi connectivity index (χ0v) is 11.8. The van der Waals surface area contributed by atoms with E-state index < -0.39 is 0 Å². The molecular weight excluding hydrogens is 266 g/mol. The van der Waals surface area contributed by atoms with Gasteiger partial charge in [-0.3, -0.25) is 0 Å². The van der Waals surface area contributed by atoms with Crippen molar-refractivity contribution in [2.75, 3.05) is 6.54 Å². The second kappa shape index (κ2) is 5.24. The zero-order chi connectivity index (χ0) is 14.2. The van der Waals surface area contributed by atoms with Crippen LogP contribution < -0.4 is 5.32 Å². The summed E-state index contributed by atoms with van der Waals surface area (Å²) >= 11 is 0. The van der Waals surface area contributed by atoms with Gasteiger partial charge in [0.1, 0.15) is 0 Å². The molecule has 0 spiro atoms. The molecule has 1 saturated heterocycles. The standard InChI is InChI=1S/C16H19N3O2/c20-13-8-14(17-9-13)16-18-15(19-21-16)12-6-5-10-3-1-2-4-11(10)7-12/h1-4,12-14,17,20H,5-9H2/t12?,13?,14-/m0/s1. The molecule has 2 aliphatic rings. The van der Waals surface area contributed by atoms with Crippen LogP contribution in [-0.2, 0) is 12.8 Å². The fourth-order valence-electron chi connectivity index (χ4n) is 3.38. The Morgan fingerprint density at radius 3 is 2.90 bits per heavy atom. The van der Waals surface area contributed by atoms with Crippen LogP contribution in [0, 0.1) is 0 Å². The van der Waals surface area contributed by atoms with Crippen LogP contribution in [0.5, 0.6) is 0 Å². The van der Waals surface area contributed by atoms with Crippen molar-refractivity contribution in [3.63, 3.8) is 0 Å². The van der Waals surface area contributed by atoms with Gasteiger partial charge in [0.2, 0.25) is 5.89 Å². The average molecular weight is 285 g/mol. The first-order chi connectivity index (χ1) is 10.3. The molecule has 2 unspecified atom stereocenters. The summed E-state index contributed by atoms with van der Waals surface area (Å²) in [4.78, 5) is 4.57. The summed E-state index contributed by atoms with van der Waals surface area (Å²) in [6.45, 7) is 0.596. The Hall–Kier alpha value is -1.72. The zero-order valence-electron chi connectivity index (χ0n) is 11.8. The molecule has 1 aromatic heterocycles. The lowest BCUT2D eigenvalue weighted by atomic mass is 9.83. The molecule has 0 saturated carbocycles. The highest BCUT2D eigenvalue weighted by Gasteiger charge is 2.30. The lowest BCUT2D eigenvalue weighted by Gasteiger charge is -2.21. The fraction of sp³-hybridized carbons (Fsp3) is 0.500. The third-order valence-corrected chi connectivity index (χ3v) is 4.58. The number of aliphatic hydroxyl groups excluding tert-OH is 1. The lowest BCUT2D eigenvalue weighted by Crippen LogP contribution is -2.16. The van der Waals surface area contributed by atoms with E-state index in [4.69, 9.17) is 4.52 Å². The quantitative estimate of drug-likeness (QED) is 0.879. The summed E-state index contributed by atoms with van der Waals surface area (Å²) in [5, 5.41) is 17.0. The molecule has 3 atom stereocenters. The second-order valence-corrected chi connectivity index (χ2v) is 6.05. The minimum atomic E-state index is -0.313. The molecule has 1 aliphatic heterocycles. The topological polar surface area (TPSA) is 71.2 Å². The first-order valence-corrected chi connectivity index (χ1v) is 7.61. The van der Waals surface area contributed by atoms with Crippen molar-refractivity contribution < 1.29 is 9.63 Å². The Labute approximate surface area is 123 Å². The molecule has 0 amide bonds. The molecule has 1 aliphatic carbocycles. The van der Waals surface area contributed by atoms with Crippen molar-refractivity contribution in [2.24, 2.45) is 0 Å². The summed E-state index contributed by atoms with van der Waals surface area (Å²) in [5.74, 6) is 1.76. The molecule has 0 bridgehead atoms. The van der Waals surface area contributed by atoms with Crippen molar-refractivity contribution >= 4 is 0 Å². The van der Waals surface area contributed by atoms with Crippen LogP contribution in [0.1, 0.15) is 47.6 Å². The average Bonchev–Trinajstić information content (AvgIpc) is 3.15. The number of rotatable bonds is 2. The predicted octanol–water partition coefficient (Wildman–Crippen LogP) is 1.74. The number of nitrogens with one attached hydrogen (secondary N) is 1. The molecule has 21 heavy (non-hydrogen) atoms. The highest BCUT2D eigenvalue weighted by atomic mass is 16.5.